The van der Waals surface area contributed by atoms with Crippen LogP contribution in [0.1, 0.15) is 26.2 Å². The molecule has 1 aliphatic heterocycles. The second-order valence-electron chi connectivity index (χ2n) is 5.30. The van der Waals surface area contributed by atoms with E-state index < -0.39 is 5.60 Å². The minimum atomic E-state index is -0.508. The van der Waals surface area contributed by atoms with Gasteiger partial charge in [-0.1, -0.05) is 23.5 Å². The maximum absolute atomic E-state index is 10.1. The van der Waals surface area contributed by atoms with Crippen LogP contribution in [0.5, 0.6) is 0 Å². The second-order valence-corrected chi connectivity index (χ2v) is 6.31. The van der Waals surface area contributed by atoms with E-state index in [-0.39, 0.29) is 0 Å². The van der Waals surface area contributed by atoms with E-state index in [4.69, 9.17) is 0 Å². The molecular weight excluding hydrogens is 244 g/mol. The number of aromatic nitrogens is 1. The monoisotopic (exact) mass is 262 g/mol. The zero-order chi connectivity index (χ0) is 12.6. The highest BCUT2D eigenvalue weighted by molar-refractivity contribution is 7.22. The van der Waals surface area contributed by atoms with Crippen molar-refractivity contribution in [3.05, 3.63) is 24.3 Å². The van der Waals surface area contributed by atoms with E-state index in [0.717, 1.165) is 43.0 Å². The summed E-state index contributed by atoms with van der Waals surface area (Å²) in [5.41, 5.74) is 0.569. The molecule has 3 nitrogen and oxygen atoms in total. The molecule has 1 atom stereocenters. The Labute approximate surface area is 111 Å². The summed E-state index contributed by atoms with van der Waals surface area (Å²) in [4.78, 5) is 7.00. The third kappa shape index (κ3) is 2.35. The summed E-state index contributed by atoms with van der Waals surface area (Å²) in [6.07, 6.45) is 2.74. The molecule has 2 aromatic rings. The van der Waals surface area contributed by atoms with Gasteiger partial charge in [0, 0.05) is 13.1 Å². The molecule has 1 saturated heterocycles. The Morgan fingerprint density at radius 1 is 1.28 bits per heavy atom. The van der Waals surface area contributed by atoms with E-state index in [1.54, 1.807) is 11.3 Å². The molecular formula is C14H18N2OS. The fourth-order valence-corrected chi connectivity index (χ4v) is 3.47. The average molecular weight is 262 g/mol. The molecule has 0 bridgehead atoms. The van der Waals surface area contributed by atoms with E-state index in [0.29, 0.717) is 0 Å². The van der Waals surface area contributed by atoms with Crippen LogP contribution in [-0.2, 0) is 0 Å². The van der Waals surface area contributed by atoms with E-state index in [2.05, 4.69) is 28.1 Å². The van der Waals surface area contributed by atoms with Gasteiger partial charge in [0.2, 0.25) is 0 Å². The molecule has 1 unspecified atom stereocenters. The van der Waals surface area contributed by atoms with Crippen LogP contribution >= 0.6 is 11.3 Å². The summed E-state index contributed by atoms with van der Waals surface area (Å²) >= 11 is 1.75. The third-order valence-electron chi connectivity index (χ3n) is 3.62. The van der Waals surface area contributed by atoms with Gasteiger partial charge < -0.3 is 10.0 Å². The minimum absolute atomic E-state index is 0.508. The van der Waals surface area contributed by atoms with Crippen molar-refractivity contribution in [3.8, 4) is 0 Å². The maximum Gasteiger partial charge on any atom is 0.186 e. The van der Waals surface area contributed by atoms with Crippen LogP contribution in [-0.4, -0.2) is 28.8 Å². The summed E-state index contributed by atoms with van der Waals surface area (Å²) in [6.45, 7) is 3.83. The van der Waals surface area contributed by atoms with Crippen LogP contribution < -0.4 is 4.90 Å². The Morgan fingerprint density at radius 3 is 2.94 bits per heavy atom. The largest absolute Gasteiger partial charge is 0.390 e. The molecule has 1 aromatic heterocycles. The van der Waals surface area contributed by atoms with E-state index in [9.17, 15) is 5.11 Å². The lowest BCUT2D eigenvalue weighted by atomic mass is 9.98. The van der Waals surface area contributed by atoms with Crippen LogP contribution in [0.15, 0.2) is 24.3 Å². The SMILES string of the molecule is CC1(O)CCCN(c2nc3ccccc3s2)CC1. The first-order valence-electron chi connectivity index (χ1n) is 6.47. The first-order chi connectivity index (χ1) is 8.64. The highest BCUT2D eigenvalue weighted by atomic mass is 32.1. The summed E-state index contributed by atoms with van der Waals surface area (Å²) < 4.78 is 1.24. The van der Waals surface area contributed by atoms with Crippen LogP contribution in [0.2, 0.25) is 0 Å². The zero-order valence-corrected chi connectivity index (χ0v) is 11.4. The van der Waals surface area contributed by atoms with Crippen LogP contribution in [0.4, 0.5) is 5.13 Å². The molecule has 0 amide bonds. The highest BCUT2D eigenvalue weighted by Gasteiger charge is 2.26. The van der Waals surface area contributed by atoms with Gasteiger partial charge in [0.15, 0.2) is 5.13 Å². The summed E-state index contributed by atoms with van der Waals surface area (Å²) in [6, 6.07) is 8.25. The number of para-hydroxylation sites is 1. The predicted molar refractivity (Wildman–Crippen MR) is 76.3 cm³/mol. The number of benzene rings is 1. The number of anilines is 1. The van der Waals surface area contributed by atoms with Crippen molar-refractivity contribution in [1.82, 2.24) is 4.98 Å². The normalized spacial score (nSPS) is 25.3. The lowest BCUT2D eigenvalue weighted by Crippen LogP contribution is -2.28. The van der Waals surface area contributed by atoms with Gasteiger partial charge in [0.05, 0.1) is 15.8 Å². The van der Waals surface area contributed by atoms with Gasteiger partial charge in [0.1, 0.15) is 0 Å². The smallest absolute Gasteiger partial charge is 0.186 e. The fraction of sp³-hybridized carbons (Fsp3) is 0.500. The molecule has 0 aliphatic carbocycles. The van der Waals surface area contributed by atoms with Gasteiger partial charge in [0.25, 0.3) is 0 Å². The fourth-order valence-electron chi connectivity index (χ4n) is 2.45. The molecule has 0 spiro atoms. The molecule has 1 N–H and O–H groups in total. The molecule has 18 heavy (non-hydrogen) atoms. The first-order valence-corrected chi connectivity index (χ1v) is 7.29. The maximum atomic E-state index is 10.1. The van der Waals surface area contributed by atoms with Crippen LogP contribution in [0, 0.1) is 0 Å². The van der Waals surface area contributed by atoms with Crippen molar-refractivity contribution in [2.45, 2.75) is 31.8 Å². The van der Waals surface area contributed by atoms with Gasteiger partial charge >= 0.3 is 0 Å². The van der Waals surface area contributed by atoms with Gasteiger partial charge in [-0.3, -0.25) is 0 Å². The van der Waals surface area contributed by atoms with Crippen molar-refractivity contribution in [2.24, 2.45) is 0 Å². The van der Waals surface area contributed by atoms with Crippen LogP contribution in [0.3, 0.4) is 0 Å². The molecule has 4 heteroatoms. The Balaban J connectivity index is 1.85. The Kier molecular flexibility index (Phi) is 2.99. The number of aliphatic hydroxyl groups is 1. The van der Waals surface area contributed by atoms with Crippen molar-refractivity contribution >= 4 is 26.7 Å². The molecule has 96 valence electrons. The van der Waals surface area contributed by atoms with Crippen molar-refractivity contribution in [1.29, 1.82) is 0 Å². The Morgan fingerprint density at radius 2 is 2.11 bits per heavy atom. The number of hydrogen-bond acceptors (Lipinski definition) is 4. The summed E-state index contributed by atoms with van der Waals surface area (Å²) in [5, 5.41) is 11.2. The Hall–Kier alpha value is -1.13. The number of thiazole rings is 1. The summed E-state index contributed by atoms with van der Waals surface area (Å²) in [5.74, 6) is 0. The molecule has 0 radical (unpaired) electrons. The highest BCUT2D eigenvalue weighted by Crippen LogP contribution is 2.31. The topological polar surface area (TPSA) is 36.4 Å². The predicted octanol–water partition coefficient (Wildman–Crippen LogP) is 3.04. The molecule has 1 aromatic carbocycles. The zero-order valence-electron chi connectivity index (χ0n) is 10.6. The van der Waals surface area contributed by atoms with Gasteiger partial charge in [-0.25, -0.2) is 4.98 Å². The second kappa shape index (κ2) is 4.52. The lowest BCUT2D eigenvalue weighted by Gasteiger charge is -2.21. The molecule has 0 saturated carbocycles. The van der Waals surface area contributed by atoms with Gasteiger partial charge in [-0.05, 0) is 38.3 Å². The average Bonchev–Trinajstić information content (AvgIpc) is 2.68. The standard InChI is InChI=1S/C14H18N2OS/c1-14(17)7-4-9-16(10-8-14)13-15-11-5-2-3-6-12(11)18-13/h2-3,5-6,17H,4,7-10H2,1H3. The van der Waals surface area contributed by atoms with Crippen molar-refractivity contribution < 1.29 is 5.11 Å². The Bertz CT molecular complexity index is 516. The van der Waals surface area contributed by atoms with Gasteiger partial charge in [-0.2, -0.15) is 0 Å². The molecule has 2 heterocycles. The van der Waals surface area contributed by atoms with Crippen LogP contribution in [0.25, 0.3) is 10.2 Å². The van der Waals surface area contributed by atoms with Crippen molar-refractivity contribution in [3.63, 3.8) is 0 Å². The molecule has 1 fully saturated rings. The number of rotatable bonds is 1. The third-order valence-corrected chi connectivity index (χ3v) is 4.71. The minimum Gasteiger partial charge on any atom is -0.390 e. The number of hydrogen-bond donors (Lipinski definition) is 1. The lowest BCUT2D eigenvalue weighted by molar-refractivity contribution is 0.0481. The number of nitrogens with zero attached hydrogens (tertiary/aromatic N) is 2. The number of fused-ring (bicyclic) bond motifs is 1. The van der Waals surface area contributed by atoms with Crippen molar-refractivity contribution in [2.75, 3.05) is 18.0 Å². The van der Waals surface area contributed by atoms with E-state index >= 15 is 0 Å². The molecule has 3 rings (SSSR count). The first kappa shape index (κ1) is 11.9. The quantitative estimate of drug-likeness (QED) is 0.858. The molecule has 1 aliphatic rings. The van der Waals surface area contributed by atoms with E-state index in [1.165, 1.54) is 4.70 Å². The summed E-state index contributed by atoms with van der Waals surface area (Å²) in [7, 11) is 0. The van der Waals surface area contributed by atoms with E-state index in [1.807, 2.05) is 13.0 Å². The van der Waals surface area contributed by atoms with Gasteiger partial charge in [-0.15, -0.1) is 0 Å².